The van der Waals surface area contributed by atoms with E-state index in [0.29, 0.717) is 16.1 Å². The molecule has 0 bridgehead atoms. The highest BCUT2D eigenvalue weighted by Crippen LogP contribution is 2.39. The highest BCUT2D eigenvalue weighted by Gasteiger charge is 2.29. The first kappa shape index (κ1) is 22.1. The summed E-state index contributed by atoms with van der Waals surface area (Å²) in [6, 6.07) is 17.7. The summed E-state index contributed by atoms with van der Waals surface area (Å²) in [6.45, 7) is 4.12. The number of aryl methyl sites for hydroxylation is 1. The highest BCUT2D eigenvalue weighted by molar-refractivity contribution is 8.00. The zero-order chi connectivity index (χ0) is 23.9. The summed E-state index contributed by atoms with van der Waals surface area (Å²) < 4.78 is 3.96. The van der Waals surface area contributed by atoms with Crippen molar-refractivity contribution in [2.75, 3.05) is 11.5 Å². The van der Waals surface area contributed by atoms with Gasteiger partial charge >= 0.3 is 0 Å². The van der Waals surface area contributed by atoms with Gasteiger partial charge in [0, 0.05) is 29.5 Å². The number of thioether (sulfide) groups is 2. The maximum atomic E-state index is 13.7. The molecule has 0 N–H and O–H groups in total. The van der Waals surface area contributed by atoms with Crippen molar-refractivity contribution < 1.29 is 0 Å². The topological polar surface area (TPSA) is 78.5 Å². The van der Waals surface area contributed by atoms with E-state index >= 15 is 0 Å². The second-order valence-corrected chi connectivity index (χ2v) is 10.4. The molecule has 174 valence electrons. The Balaban J connectivity index is 1.41. The second-order valence-electron chi connectivity index (χ2n) is 8.46. The van der Waals surface area contributed by atoms with Gasteiger partial charge in [-0.2, -0.15) is 0 Å². The normalized spacial score (nSPS) is 15.0. The molecule has 2 aromatic carbocycles. The van der Waals surface area contributed by atoms with Gasteiger partial charge in [-0.1, -0.05) is 47.8 Å². The molecule has 3 aromatic heterocycles. The Morgan fingerprint density at radius 1 is 1.06 bits per heavy atom. The number of para-hydroxylation sites is 1. The molecule has 0 saturated carbocycles. The van der Waals surface area contributed by atoms with Crippen molar-refractivity contribution >= 4 is 34.4 Å². The minimum Gasteiger partial charge on any atom is -0.297 e. The van der Waals surface area contributed by atoms with Crippen molar-refractivity contribution in [1.82, 2.24) is 29.3 Å². The standard InChI is InChI=1S/C26H22N6OS2/c1-16-7-5-11-22(17(16)2)32-24(33)20-9-3-4-10-21(20)28-25(32)34-14-19-15-35-26-30-29-23(31(19)26)18-8-6-12-27-13-18/h3-13,19H,14-15H2,1-2H3. The van der Waals surface area contributed by atoms with E-state index in [0.717, 1.165) is 44.9 Å². The minimum atomic E-state index is -0.0476. The second kappa shape index (κ2) is 8.98. The average Bonchev–Trinajstić information content (AvgIpc) is 3.48. The Bertz CT molecular complexity index is 1610. The minimum absolute atomic E-state index is 0.0476. The number of pyridine rings is 1. The van der Waals surface area contributed by atoms with Crippen molar-refractivity contribution in [1.29, 1.82) is 0 Å². The summed E-state index contributed by atoms with van der Waals surface area (Å²) in [6.07, 6.45) is 3.57. The lowest BCUT2D eigenvalue weighted by Crippen LogP contribution is -2.23. The lowest BCUT2D eigenvalue weighted by atomic mass is 10.1. The molecule has 0 spiro atoms. The molecule has 0 aliphatic carbocycles. The Morgan fingerprint density at radius 3 is 2.80 bits per heavy atom. The van der Waals surface area contributed by atoms with Crippen LogP contribution < -0.4 is 5.56 Å². The van der Waals surface area contributed by atoms with Gasteiger partial charge in [-0.3, -0.25) is 18.9 Å². The SMILES string of the molecule is Cc1cccc(-n2c(SCC3CSc4nnc(-c5cccnc5)n43)nc3ccccc3c2=O)c1C. The molecule has 0 saturated heterocycles. The first-order chi connectivity index (χ1) is 17.1. The molecule has 6 rings (SSSR count). The van der Waals surface area contributed by atoms with Gasteiger partial charge in [0.2, 0.25) is 0 Å². The fraction of sp³-hybridized carbons (Fsp3) is 0.192. The molecule has 0 radical (unpaired) electrons. The average molecular weight is 499 g/mol. The van der Waals surface area contributed by atoms with E-state index in [2.05, 4.69) is 39.7 Å². The molecule has 0 amide bonds. The molecule has 4 heterocycles. The summed E-state index contributed by atoms with van der Waals surface area (Å²) in [5.74, 6) is 2.45. The molecule has 1 atom stereocenters. The van der Waals surface area contributed by atoms with Gasteiger partial charge in [-0.05, 0) is 55.3 Å². The summed E-state index contributed by atoms with van der Waals surface area (Å²) in [4.78, 5) is 22.9. The number of benzene rings is 2. The van der Waals surface area contributed by atoms with Gasteiger partial charge in [0.25, 0.3) is 5.56 Å². The molecular weight excluding hydrogens is 476 g/mol. The van der Waals surface area contributed by atoms with Crippen LogP contribution in [0.1, 0.15) is 17.2 Å². The van der Waals surface area contributed by atoms with Gasteiger partial charge in [-0.25, -0.2) is 4.98 Å². The summed E-state index contributed by atoms with van der Waals surface area (Å²) in [5.41, 5.74) is 4.69. The summed E-state index contributed by atoms with van der Waals surface area (Å²) in [5, 5.41) is 11.0. The molecule has 9 heteroatoms. The first-order valence-electron chi connectivity index (χ1n) is 11.3. The van der Waals surface area contributed by atoms with E-state index in [9.17, 15) is 4.79 Å². The third-order valence-electron chi connectivity index (χ3n) is 6.32. The van der Waals surface area contributed by atoms with Gasteiger partial charge in [-0.15, -0.1) is 10.2 Å². The number of aromatic nitrogens is 6. The zero-order valence-corrected chi connectivity index (χ0v) is 20.9. The predicted molar refractivity (Wildman–Crippen MR) is 141 cm³/mol. The lowest BCUT2D eigenvalue weighted by Gasteiger charge is -2.18. The molecular formula is C26H22N6OS2. The van der Waals surface area contributed by atoms with Crippen LogP contribution in [-0.2, 0) is 0 Å². The third kappa shape index (κ3) is 3.84. The van der Waals surface area contributed by atoms with Crippen molar-refractivity contribution in [3.8, 4) is 17.1 Å². The molecule has 5 aromatic rings. The number of hydrogen-bond acceptors (Lipinski definition) is 7. The largest absolute Gasteiger partial charge is 0.297 e. The van der Waals surface area contributed by atoms with E-state index in [4.69, 9.17) is 4.98 Å². The number of fused-ring (bicyclic) bond motifs is 2. The Kier molecular flexibility index (Phi) is 5.66. The molecule has 1 aliphatic heterocycles. The third-order valence-corrected chi connectivity index (χ3v) is 8.49. The van der Waals surface area contributed by atoms with Gasteiger partial charge in [0.15, 0.2) is 16.1 Å². The number of hydrogen-bond donors (Lipinski definition) is 0. The monoisotopic (exact) mass is 498 g/mol. The Hall–Kier alpha value is -3.43. The number of rotatable bonds is 5. The molecule has 35 heavy (non-hydrogen) atoms. The van der Waals surface area contributed by atoms with Crippen LogP contribution in [0.5, 0.6) is 0 Å². The fourth-order valence-electron chi connectivity index (χ4n) is 4.33. The van der Waals surface area contributed by atoms with E-state index in [1.54, 1.807) is 34.3 Å². The zero-order valence-electron chi connectivity index (χ0n) is 19.3. The molecule has 1 unspecified atom stereocenters. The number of nitrogens with zero attached hydrogens (tertiary/aromatic N) is 6. The van der Waals surface area contributed by atoms with Crippen LogP contribution in [0.4, 0.5) is 0 Å². The smallest absolute Gasteiger partial charge is 0.266 e. The van der Waals surface area contributed by atoms with E-state index < -0.39 is 0 Å². The van der Waals surface area contributed by atoms with Crippen molar-refractivity contribution in [3.63, 3.8) is 0 Å². The summed E-state index contributed by atoms with van der Waals surface area (Å²) in [7, 11) is 0. The van der Waals surface area contributed by atoms with Crippen molar-refractivity contribution in [3.05, 3.63) is 88.5 Å². The van der Waals surface area contributed by atoms with Crippen LogP contribution in [0.2, 0.25) is 0 Å². The van der Waals surface area contributed by atoms with Gasteiger partial charge in [0.1, 0.15) is 0 Å². The van der Waals surface area contributed by atoms with Crippen LogP contribution in [-0.4, -0.2) is 40.8 Å². The van der Waals surface area contributed by atoms with Crippen LogP contribution in [0.25, 0.3) is 28.0 Å². The van der Waals surface area contributed by atoms with E-state index in [1.807, 2.05) is 54.7 Å². The Labute approximate surface area is 210 Å². The predicted octanol–water partition coefficient (Wildman–Crippen LogP) is 5.10. The highest BCUT2D eigenvalue weighted by atomic mass is 32.2. The van der Waals surface area contributed by atoms with Crippen LogP contribution >= 0.6 is 23.5 Å². The summed E-state index contributed by atoms with van der Waals surface area (Å²) >= 11 is 3.30. The molecule has 7 nitrogen and oxygen atoms in total. The van der Waals surface area contributed by atoms with Gasteiger partial charge in [0.05, 0.1) is 22.6 Å². The Morgan fingerprint density at radius 2 is 1.94 bits per heavy atom. The van der Waals surface area contributed by atoms with Crippen molar-refractivity contribution in [2.45, 2.75) is 30.2 Å². The lowest BCUT2D eigenvalue weighted by molar-refractivity contribution is 0.596. The van der Waals surface area contributed by atoms with Crippen LogP contribution in [0.15, 0.2) is 82.1 Å². The van der Waals surface area contributed by atoms with Crippen LogP contribution in [0.3, 0.4) is 0 Å². The quantitative estimate of drug-likeness (QED) is 0.247. The fourth-order valence-corrected chi connectivity index (χ4v) is 6.65. The van der Waals surface area contributed by atoms with Crippen LogP contribution in [0, 0.1) is 13.8 Å². The molecule has 0 fully saturated rings. The van der Waals surface area contributed by atoms with Crippen molar-refractivity contribution in [2.24, 2.45) is 0 Å². The first-order valence-corrected chi connectivity index (χ1v) is 13.3. The molecule has 1 aliphatic rings. The maximum Gasteiger partial charge on any atom is 0.266 e. The van der Waals surface area contributed by atoms with E-state index in [-0.39, 0.29) is 11.6 Å². The maximum absolute atomic E-state index is 13.7. The van der Waals surface area contributed by atoms with Gasteiger partial charge < -0.3 is 0 Å². The van der Waals surface area contributed by atoms with E-state index in [1.165, 1.54) is 0 Å².